The fourth-order valence-corrected chi connectivity index (χ4v) is 2.13. The molecular formula is C11H14N4S. The fraction of sp³-hybridized carbons (Fsp3) is 0.273. The van der Waals surface area contributed by atoms with Gasteiger partial charge in [-0.05, 0) is 18.6 Å². The first kappa shape index (κ1) is 10.9. The maximum atomic E-state index is 5.92. The number of anilines is 2. The van der Waals surface area contributed by atoms with Crippen LogP contribution in [0.3, 0.4) is 0 Å². The molecule has 1 heterocycles. The molecule has 84 valence electrons. The van der Waals surface area contributed by atoms with Crippen LogP contribution in [0.1, 0.15) is 12.5 Å². The lowest BCUT2D eigenvalue weighted by atomic mass is 10.2. The Labute approximate surface area is 98.7 Å². The van der Waals surface area contributed by atoms with E-state index in [9.17, 15) is 0 Å². The molecule has 0 fully saturated rings. The second-order valence-electron chi connectivity index (χ2n) is 3.43. The zero-order valence-electron chi connectivity index (χ0n) is 9.13. The molecule has 0 spiro atoms. The van der Waals surface area contributed by atoms with Gasteiger partial charge < -0.3 is 10.6 Å². The van der Waals surface area contributed by atoms with Gasteiger partial charge in [0.2, 0.25) is 5.13 Å². The highest BCUT2D eigenvalue weighted by atomic mass is 32.1. The molecule has 0 atom stereocenters. The summed E-state index contributed by atoms with van der Waals surface area (Å²) in [5.41, 5.74) is 9.61. The van der Waals surface area contributed by atoms with E-state index in [2.05, 4.69) is 22.0 Å². The van der Waals surface area contributed by atoms with Gasteiger partial charge in [-0.1, -0.05) is 29.5 Å². The highest BCUT2D eigenvalue weighted by molar-refractivity contribution is 7.13. The van der Waals surface area contributed by atoms with Gasteiger partial charge in [0.15, 0.2) is 0 Å². The van der Waals surface area contributed by atoms with Crippen LogP contribution in [-0.2, 0) is 6.54 Å². The minimum atomic E-state index is 0.776. The molecule has 0 saturated heterocycles. The van der Waals surface area contributed by atoms with Crippen molar-refractivity contribution in [2.45, 2.75) is 13.5 Å². The Hall–Kier alpha value is -1.62. The smallest absolute Gasteiger partial charge is 0.208 e. The maximum Gasteiger partial charge on any atom is 0.208 e. The van der Waals surface area contributed by atoms with Crippen LogP contribution < -0.4 is 10.6 Å². The van der Waals surface area contributed by atoms with Gasteiger partial charge in [-0.15, -0.1) is 10.2 Å². The third kappa shape index (κ3) is 2.30. The number of nitrogens with zero attached hydrogens (tertiary/aromatic N) is 3. The van der Waals surface area contributed by atoms with E-state index in [0.717, 1.165) is 29.5 Å². The van der Waals surface area contributed by atoms with Crippen molar-refractivity contribution in [3.8, 4) is 0 Å². The molecule has 0 aliphatic heterocycles. The van der Waals surface area contributed by atoms with Crippen LogP contribution in [0, 0.1) is 0 Å². The average Bonchev–Trinajstić information content (AvgIpc) is 2.81. The van der Waals surface area contributed by atoms with Crippen LogP contribution >= 0.6 is 11.3 Å². The van der Waals surface area contributed by atoms with E-state index in [1.807, 2.05) is 24.3 Å². The van der Waals surface area contributed by atoms with E-state index < -0.39 is 0 Å². The Morgan fingerprint density at radius 1 is 1.38 bits per heavy atom. The van der Waals surface area contributed by atoms with Crippen LogP contribution in [0.15, 0.2) is 29.8 Å². The second-order valence-corrected chi connectivity index (χ2v) is 4.25. The molecule has 0 radical (unpaired) electrons. The zero-order valence-corrected chi connectivity index (χ0v) is 9.94. The Balaban J connectivity index is 2.17. The SMILES string of the molecule is CCN(Cc1ccccc1N)c1nncs1. The average molecular weight is 234 g/mol. The van der Waals surface area contributed by atoms with Gasteiger partial charge in [-0.2, -0.15) is 0 Å². The first-order valence-corrected chi connectivity index (χ1v) is 6.03. The summed E-state index contributed by atoms with van der Waals surface area (Å²) < 4.78 is 0. The van der Waals surface area contributed by atoms with Gasteiger partial charge in [0.25, 0.3) is 0 Å². The van der Waals surface area contributed by atoms with Crippen molar-refractivity contribution >= 4 is 22.2 Å². The standard InChI is InChI=1S/C11H14N4S/c1-2-15(11-14-13-8-16-11)7-9-5-3-4-6-10(9)12/h3-6,8H,2,7,12H2,1H3. The molecule has 2 aromatic rings. The molecule has 0 bridgehead atoms. The van der Waals surface area contributed by atoms with Crippen molar-refractivity contribution in [2.75, 3.05) is 17.2 Å². The van der Waals surface area contributed by atoms with E-state index in [1.54, 1.807) is 16.8 Å². The molecule has 1 aromatic heterocycles. The van der Waals surface area contributed by atoms with Crippen molar-refractivity contribution in [3.63, 3.8) is 0 Å². The molecule has 4 nitrogen and oxygen atoms in total. The Morgan fingerprint density at radius 2 is 2.19 bits per heavy atom. The third-order valence-corrected chi connectivity index (χ3v) is 3.17. The van der Waals surface area contributed by atoms with Crippen molar-refractivity contribution < 1.29 is 0 Å². The quantitative estimate of drug-likeness (QED) is 0.823. The summed E-state index contributed by atoms with van der Waals surface area (Å²) in [5, 5.41) is 8.85. The molecular weight excluding hydrogens is 220 g/mol. The van der Waals surface area contributed by atoms with Crippen LogP contribution in [0.5, 0.6) is 0 Å². The number of rotatable bonds is 4. The monoisotopic (exact) mass is 234 g/mol. The van der Waals surface area contributed by atoms with Gasteiger partial charge in [0, 0.05) is 18.8 Å². The Morgan fingerprint density at radius 3 is 2.81 bits per heavy atom. The van der Waals surface area contributed by atoms with Gasteiger partial charge in [0.1, 0.15) is 5.51 Å². The van der Waals surface area contributed by atoms with Crippen LogP contribution in [0.2, 0.25) is 0 Å². The van der Waals surface area contributed by atoms with Gasteiger partial charge >= 0.3 is 0 Å². The number of benzene rings is 1. The maximum absolute atomic E-state index is 5.92. The number of nitrogens with two attached hydrogens (primary N) is 1. The molecule has 1 aromatic carbocycles. The number of nitrogen functional groups attached to an aromatic ring is 1. The number of hydrogen-bond acceptors (Lipinski definition) is 5. The van der Waals surface area contributed by atoms with E-state index in [-0.39, 0.29) is 0 Å². The lowest BCUT2D eigenvalue weighted by molar-refractivity contribution is 0.816. The molecule has 0 saturated carbocycles. The van der Waals surface area contributed by atoms with Crippen molar-refractivity contribution in [3.05, 3.63) is 35.3 Å². The van der Waals surface area contributed by atoms with Crippen LogP contribution in [-0.4, -0.2) is 16.7 Å². The van der Waals surface area contributed by atoms with Crippen molar-refractivity contribution in [2.24, 2.45) is 0 Å². The fourth-order valence-electron chi connectivity index (χ4n) is 1.50. The molecule has 2 rings (SSSR count). The number of aromatic nitrogens is 2. The van der Waals surface area contributed by atoms with Gasteiger partial charge in [-0.3, -0.25) is 0 Å². The minimum absolute atomic E-state index is 0.776. The third-order valence-electron chi connectivity index (χ3n) is 2.42. The molecule has 0 aliphatic rings. The summed E-state index contributed by atoms with van der Waals surface area (Å²) in [6.07, 6.45) is 0. The zero-order chi connectivity index (χ0) is 11.4. The molecule has 5 heteroatoms. The topological polar surface area (TPSA) is 55.0 Å². The summed E-state index contributed by atoms with van der Waals surface area (Å²) in [4.78, 5) is 2.16. The summed E-state index contributed by atoms with van der Waals surface area (Å²) in [7, 11) is 0. The lowest BCUT2D eigenvalue weighted by Gasteiger charge is -2.19. The van der Waals surface area contributed by atoms with Crippen molar-refractivity contribution in [1.29, 1.82) is 0 Å². The Kier molecular flexibility index (Phi) is 3.36. The predicted octanol–water partition coefficient (Wildman–Crippen LogP) is 2.15. The predicted molar refractivity (Wildman–Crippen MR) is 67.5 cm³/mol. The molecule has 0 amide bonds. The summed E-state index contributed by atoms with van der Waals surface area (Å²) in [6, 6.07) is 7.90. The van der Waals surface area contributed by atoms with E-state index in [0.29, 0.717) is 0 Å². The van der Waals surface area contributed by atoms with Crippen molar-refractivity contribution in [1.82, 2.24) is 10.2 Å². The second kappa shape index (κ2) is 4.94. The largest absolute Gasteiger partial charge is 0.398 e. The van der Waals surface area contributed by atoms with Gasteiger partial charge in [0.05, 0.1) is 0 Å². The lowest BCUT2D eigenvalue weighted by Crippen LogP contribution is -2.22. The first-order valence-electron chi connectivity index (χ1n) is 5.15. The Bertz CT molecular complexity index is 441. The highest BCUT2D eigenvalue weighted by Gasteiger charge is 2.09. The van der Waals surface area contributed by atoms with Crippen LogP contribution in [0.25, 0.3) is 0 Å². The normalized spacial score (nSPS) is 10.3. The first-order chi connectivity index (χ1) is 7.81. The number of para-hydroxylation sites is 1. The van der Waals surface area contributed by atoms with Gasteiger partial charge in [-0.25, -0.2) is 0 Å². The summed E-state index contributed by atoms with van der Waals surface area (Å²) in [5.74, 6) is 0. The highest BCUT2D eigenvalue weighted by Crippen LogP contribution is 2.20. The summed E-state index contributed by atoms with van der Waals surface area (Å²) >= 11 is 1.54. The molecule has 0 aliphatic carbocycles. The van der Waals surface area contributed by atoms with E-state index in [1.165, 1.54) is 0 Å². The van der Waals surface area contributed by atoms with E-state index in [4.69, 9.17) is 5.73 Å². The van der Waals surface area contributed by atoms with Crippen LogP contribution in [0.4, 0.5) is 10.8 Å². The summed E-state index contributed by atoms with van der Waals surface area (Å²) in [6.45, 7) is 3.77. The molecule has 0 unspecified atom stereocenters. The molecule has 2 N–H and O–H groups in total. The number of hydrogen-bond donors (Lipinski definition) is 1. The van der Waals surface area contributed by atoms with E-state index >= 15 is 0 Å². The molecule has 16 heavy (non-hydrogen) atoms. The minimum Gasteiger partial charge on any atom is -0.398 e.